The summed E-state index contributed by atoms with van der Waals surface area (Å²) in [6, 6.07) is 12.7. The molecule has 0 aliphatic rings. The van der Waals surface area contributed by atoms with E-state index in [1.807, 2.05) is 32.0 Å². The van der Waals surface area contributed by atoms with Crippen LogP contribution in [0.2, 0.25) is 0 Å². The predicted molar refractivity (Wildman–Crippen MR) is 138 cm³/mol. The molecule has 9 nitrogen and oxygen atoms in total. The zero-order valence-corrected chi connectivity index (χ0v) is 21.8. The molecule has 3 rings (SSSR count). The Morgan fingerprint density at radius 1 is 0.833 bits per heavy atom. The van der Waals surface area contributed by atoms with Gasteiger partial charge in [-0.1, -0.05) is 23.9 Å². The number of hydrogen-bond acceptors (Lipinski definition) is 8. The van der Waals surface area contributed by atoms with Gasteiger partial charge in [0, 0.05) is 29.1 Å². The zero-order chi connectivity index (χ0) is 26.1. The van der Waals surface area contributed by atoms with Crippen molar-refractivity contribution in [3.05, 3.63) is 70.5 Å². The van der Waals surface area contributed by atoms with Gasteiger partial charge in [0.25, 0.3) is 5.91 Å². The van der Waals surface area contributed by atoms with Gasteiger partial charge in [-0.15, -0.1) is 0 Å². The second-order valence-corrected chi connectivity index (χ2v) is 8.90. The lowest BCUT2D eigenvalue weighted by molar-refractivity contribution is -0.121. The summed E-state index contributed by atoms with van der Waals surface area (Å²) < 4.78 is 16.0. The normalized spacial score (nSPS) is 10.5. The first-order chi connectivity index (χ1) is 17.3. The molecule has 1 aromatic heterocycles. The molecule has 0 radical (unpaired) electrons. The third-order valence-electron chi connectivity index (χ3n) is 5.23. The molecule has 0 unspecified atom stereocenters. The summed E-state index contributed by atoms with van der Waals surface area (Å²) in [5.74, 6) is 1.49. The van der Waals surface area contributed by atoms with Crippen molar-refractivity contribution >= 4 is 23.6 Å². The van der Waals surface area contributed by atoms with Crippen molar-refractivity contribution in [1.82, 2.24) is 20.8 Å². The van der Waals surface area contributed by atoms with E-state index >= 15 is 0 Å². The van der Waals surface area contributed by atoms with Crippen LogP contribution in [0.25, 0.3) is 0 Å². The third kappa shape index (κ3) is 7.35. The minimum atomic E-state index is -0.395. The Balaban J connectivity index is 1.48. The molecule has 190 valence electrons. The number of hydrazine groups is 1. The molecule has 0 saturated heterocycles. The summed E-state index contributed by atoms with van der Waals surface area (Å²) in [4.78, 5) is 33.6. The van der Waals surface area contributed by atoms with Crippen LogP contribution in [-0.4, -0.2) is 43.1 Å². The van der Waals surface area contributed by atoms with Crippen LogP contribution in [0.1, 0.15) is 39.3 Å². The predicted octanol–water partition coefficient (Wildman–Crippen LogP) is 3.81. The summed E-state index contributed by atoms with van der Waals surface area (Å²) >= 11 is 1.54. The minimum absolute atomic E-state index is 0.162. The van der Waals surface area contributed by atoms with Crippen molar-refractivity contribution in [3.63, 3.8) is 0 Å². The van der Waals surface area contributed by atoms with Crippen molar-refractivity contribution in [3.8, 4) is 17.2 Å². The quantitative estimate of drug-likeness (QED) is 0.241. The van der Waals surface area contributed by atoms with Gasteiger partial charge in [-0.2, -0.15) is 0 Å². The van der Waals surface area contributed by atoms with E-state index in [-0.39, 0.29) is 12.3 Å². The smallest absolute Gasteiger partial charge is 0.269 e. The molecule has 0 aliphatic carbocycles. The van der Waals surface area contributed by atoms with Gasteiger partial charge in [-0.25, -0.2) is 9.97 Å². The SMILES string of the molecule is COc1cc(CCC(=O)NNC(=O)c2ccc(CSc3nc(C)cc(C)n3)cc2)cc(OC)c1OC. The second-order valence-electron chi connectivity index (χ2n) is 7.95. The zero-order valence-electron chi connectivity index (χ0n) is 21.0. The number of methoxy groups -OCH3 is 3. The maximum absolute atomic E-state index is 12.4. The van der Waals surface area contributed by atoms with E-state index in [1.165, 1.54) is 33.1 Å². The summed E-state index contributed by atoms with van der Waals surface area (Å²) in [5, 5.41) is 0.726. The first kappa shape index (κ1) is 26.8. The van der Waals surface area contributed by atoms with E-state index in [9.17, 15) is 9.59 Å². The van der Waals surface area contributed by atoms with Crippen LogP contribution < -0.4 is 25.1 Å². The van der Waals surface area contributed by atoms with Crippen LogP contribution in [0.4, 0.5) is 0 Å². The Morgan fingerprint density at radius 3 is 2.00 bits per heavy atom. The lowest BCUT2D eigenvalue weighted by atomic mass is 10.1. The second kappa shape index (κ2) is 12.8. The molecule has 3 aromatic rings. The minimum Gasteiger partial charge on any atom is -0.493 e. The first-order valence-corrected chi connectivity index (χ1v) is 12.2. The summed E-state index contributed by atoms with van der Waals surface area (Å²) in [5.41, 5.74) is 9.09. The number of rotatable bonds is 10. The van der Waals surface area contributed by atoms with Crippen LogP contribution in [0, 0.1) is 13.8 Å². The first-order valence-electron chi connectivity index (χ1n) is 11.2. The van der Waals surface area contributed by atoms with Crippen molar-refractivity contribution < 1.29 is 23.8 Å². The number of hydrogen-bond donors (Lipinski definition) is 2. The Kier molecular flexibility index (Phi) is 9.52. The Bertz CT molecular complexity index is 1170. The monoisotopic (exact) mass is 510 g/mol. The van der Waals surface area contributed by atoms with E-state index in [4.69, 9.17) is 14.2 Å². The molecule has 36 heavy (non-hydrogen) atoms. The number of carbonyl (C=O) groups excluding carboxylic acids is 2. The van der Waals surface area contributed by atoms with E-state index in [2.05, 4.69) is 20.8 Å². The van der Waals surface area contributed by atoms with Crippen molar-refractivity contribution in [2.24, 2.45) is 0 Å². The van der Waals surface area contributed by atoms with Crippen molar-refractivity contribution in [2.75, 3.05) is 21.3 Å². The molecule has 0 atom stereocenters. The number of aryl methyl sites for hydroxylation is 3. The van der Waals surface area contributed by atoms with E-state index in [0.717, 1.165) is 27.7 Å². The highest BCUT2D eigenvalue weighted by Gasteiger charge is 2.14. The van der Waals surface area contributed by atoms with Gasteiger partial charge >= 0.3 is 0 Å². The molecule has 2 amide bonds. The van der Waals surface area contributed by atoms with Crippen LogP contribution >= 0.6 is 11.8 Å². The number of nitrogens with one attached hydrogen (secondary N) is 2. The summed E-state index contributed by atoms with van der Waals surface area (Å²) in [6.45, 7) is 3.89. The van der Waals surface area contributed by atoms with Crippen LogP contribution in [0.15, 0.2) is 47.6 Å². The maximum atomic E-state index is 12.4. The Hall–Kier alpha value is -3.79. The van der Waals surface area contributed by atoms with Crippen molar-refractivity contribution in [2.45, 2.75) is 37.6 Å². The molecule has 0 spiro atoms. The molecule has 0 fully saturated rings. The molecular formula is C26H30N4O5S. The largest absolute Gasteiger partial charge is 0.493 e. The number of benzene rings is 2. The number of ether oxygens (including phenoxy) is 3. The average Bonchev–Trinajstić information content (AvgIpc) is 2.88. The number of amides is 2. The topological polar surface area (TPSA) is 112 Å². The van der Waals surface area contributed by atoms with E-state index in [1.54, 1.807) is 24.3 Å². The highest BCUT2D eigenvalue weighted by molar-refractivity contribution is 7.98. The maximum Gasteiger partial charge on any atom is 0.269 e. The number of nitrogens with zero attached hydrogens (tertiary/aromatic N) is 2. The van der Waals surface area contributed by atoms with Gasteiger partial charge in [0.1, 0.15) is 0 Å². The molecule has 0 bridgehead atoms. The lowest BCUT2D eigenvalue weighted by Gasteiger charge is -2.14. The standard InChI is InChI=1S/C26H30N4O5S/c1-16-12-17(2)28-26(27-16)36-15-18-6-9-20(10-7-18)25(32)30-29-23(31)11-8-19-13-21(33-3)24(35-5)22(14-19)34-4/h6-7,9-10,12-14H,8,11,15H2,1-5H3,(H,29,31)(H,30,32). The third-order valence-corrected chi connectivity index (χ3v) is 6.14. The molecule has 10 heteroatoms. The fourth-order valence-electron chi connectivity index (χ4n) is 3.46. The highest BCUT2D eigenvalue weighted by atomic mass is 32.2. The Morgan fingerprint density at radius 2 is 1.44 bits per heavy atom. The molecule has 0 saturated carbocycles. The van der Waals surface area contributed by atoms with Crippen LogP contribution in [-0.2, 0) is 17.0 Å². The fourth-order valence-corrected chi connectivity index (χ4v) is 4.36. The molecular weight excluding hydrogens is 480 g/mol. The fraction of sp³-hybridized carbons (Fsp3) is 0.308. The molecule has 1 heterocycles. The summed E-state index contributed by atoms with van der Waals surface area (Å²) in [7, 11) is 4.60. The number of carbonyl (C=O) groups is 2. The van der Waals surface area contributed by atoms with Gasteiger partial charge < -0.3 is 14.2 Å². The molecule has 2 N–H and O–H groups in total. The highest BCUT2D eigenvalue weighted by Crippen LogP contribution is 2.38. The van der Waals surface area contributed by atoms with E-state index < -0.39 is 5.91 Å². The van der Waals surface area contributed by atoms with Gasteiger partial charge in [-0.3, -0.25) is 20.4 Å². The number of aromatic nitrogens is 2. The number of thioether (sulfide) groups is 1. The van der Waals surface area contributed by atoms with Crippen LogP contribution in [0.5, 0.6) is 17.2 Å². The Labute approximate surface area is 214 Å². The van der Waals surface area contributed by atoms with E-state index in [0.29, 0.717) is 35.0 Å². The lowest BCUT2D eigenvalue weighted by Crippen LogP contribution is -2.41. The van der Waals surface area contributed by atoms with Crippen LogP contribution in [0.3, 0.4) is 0 Å². The molecule has 0 aliphatic heterocycles. The van der Waals surface area contributed by atoms with Gasteiger partial charge in [-0.05, 0) is 61.7 Å². The van der Waals surface area contributed by atoms with Gasteiger partial charge in [0.05, 0.1) is 21.3 Å². The average molecular weight is 511 g/mol. The molecule has 2 aromatic carbocycles. The van der Waals surface area contributed by atoms with Crippen molar-refractivity contribution in [1.29, 1.82) is 0 Å². The van der Waals surface area contributed by atoms with Gasteiger partial charge in [0.15, 0.2) is 16.7 Å². The van der Waals surface area contributed by atoms with Gasteiger partial charge in [0.2, 0.25) is 11.7 Å². The summed E-state index contributed by atoms with van der Waals surface area (Å²) in [6.07, 6.45) is 0.588.